The number of carboxylic acids is 6. The summed E-state index contributed by atoms with van der Waals surface area (Å²) in [5, 5.41) is 106. The number of hydrogen-bond donors (Lipinski definition) is 13. The second-order valence-electron chi connectivity index (χ2n) is 8.17. The Balaban J connectivity index is -0.0000000737. The molecule has 52 heavy (non-hydrogen) atoms. The van der Waals surface area contributed by atoms with Crippen LogP contribution >= 0.6 is 0 Å². The van der Waals surface area contributed by atoms with Crippen molar-refractivity contribution >= 4 is 41.8 Å². The Hall–Kier alpha value is -5.81. The maximum atomic E-state index is 10.6. The third kappa shape index (κ3) is 66.6. The fraction of sp³-hybridized carbons (Fsp3) is 0.323. The number of aliphatic hydroxyl groups is 7. The molecular weight excluding hydrogens is 708 g/mol. The summed E-state index contributed by atoms with van der Waals surface area (Å²) in [7, 11) is 0. The van der Waals surface area contributed by atoms with E-state index in [1.165, 1.54) is 0 Å². The van der Waals surface area contributed by atoms with E-state index in [9.17, 15) is 33.6 Å². The van der Waals surface area contributed by atoms with E-state index in [-0.39, 0.29) is 6.61 Å². The molecule has 0 unspecified atom stereocenters. The van der Waals surface area contributed by atoms with Gasteiger partial charge in [0.25, 0.3) is 0 Å². The van der Waals surface area contributed by atoms with Crippen molar-refractivity contribution in [3.8, 4) is 0 Å². The average Bonchev–Trinajstić information content (AvgIpc) is 3.14. The quantitative estimate of drug-likeness (QED) is 0.0607. The highest BCUT2D eigenvalue weighted by molar-refractivity contribution is 5.81. The highest BCUT2D eigenvalue weighted by Crippen LogP contribution is 2.15. The summed E-state index contributed by atoms with van der Waals surface area (Å²) in [4.78, 5) is 66.1. The topological polar surface area (TPSA) is 392 Å². The summed E-state index contributed by atoms with van der Waals surface area (Å²) >= 11 is 0. The molecule has 0 rings (SSSR count). The molecule has 21 heteroatoms. The Kier molecular flexibility index (Phi) is 58.8. The molecule has 0 saturated carbocycles. The van der Waals surface area contributed by atoms with Crippen molar-refractivity contribution in [2.24, 2.45) is 10.8 Å². The minimum atomic E-state index is -1.17. The highest BCUT2D eigenvalue weighted by Gasteiger charge is 2.29. The summed E-state index contributed by atoms with van der Waals surface area (Å²) in [6.45, 7) is 17.7. The number of hydrogen-bond acceptors (Lipinski definition) is 15. The van der Waals surface area contributed by atoms with Crippen LogP contribution in [0, 0.1) is 10.8 Å². The number of carbonyl (C=O) groups excluding carboxylic acids is 1. The maximum Gasteiger partial charge on any atom is 0.330 e. The molecule has 0 saturated heterocycles. The molecule has 300 valence electrons. The van der Waals surface area contributed by atoms with Gasteiger partial charge in [-0.2, -0.15) is 0 Å². The zero-order valence-corrected chi connectivity index (χ0v) is 28.2. The van der Waals surface area contributed by atoms with Gasteiger partial charge in [-0.15, -0.1) is 0 Å². The lowest BCUT2D eigenvalue weighted by atomic mass is 9.93. The molecule has 0 aromatic heterocycles. The summed E-state index contributed by atoms with van der Waals surface area (Å²) in [5.41, 5.74) is -2.28. The van der Waals surface area contributed by atoms with Crippen LogP contribution in [0.4, 0.5) is 0 Å². The van der Waals surface area contributed by atoms with Gasteiger partial charge in [-0.1, -0.05) is 46.1 Å². The van der Waals surface area contributed by atoms with E-state index in [2.05, 4.69) is 50.8 Å². The summed E-state index contributed by atoms with van der Waals surface area (Å²) in [6.07, 6.45) is 5.97. The second-order valence-corrected chi connectivity index (χ2v) is 8.17. The number of rotatable bonds is 16. The molecule has 0 radical (unpaired) electrons. The van der Waals surface area contributed by atoms with Crippen LogP contribution in [0.2, 0.25) is 0 Å². The molecule has 0 atom stereocenters. The van der Waals surface area contributed by atoms with Crippen LogP contribution in [0.1, 0.15) is 0 Å². The van der Waals surface area contributed by atoms with Gasteiger partial charge in [-0.25, -0.2) is 33.6 Å². The van der Waals surface area contributed by atoms with Crippen molar-refractivity contribution in [2.45, 2.75) is 0 Å². The van der Waals surface area contributed by atoms with Gasteiger partial charge in [0, 0.05) is 42.5 Å². The van der Waals surface area contributed by atoms with Gasteiger partial charge in [0.2, 0.25) is 0 Å². The fourth-order valence-corrected chi connectivity index (χ4v) is 0.870. The average molecular weight is 759 g/mol. The van der Waals surface area contributed by atoms with Gasteiger partial charge in [0.05, 0.1) is 57.1 Å². The van der Waals surface area contributed by atoms with Crippen molar-refractivity contribution in [3.63, 3.8) is 0 Å². The number of aliphatic carboxylic acids is 6. The van der Waals surface area contributed by atoms with Gasteiger partial charge < -0.3 is 71.1 Å². The second kappa shape index (κ2) is 47.3. The maximum absolute atomic E-state index is 10.6. The van der Waals surface area contributed by atoms with Crippen LogP contribution in [0.15, 0.2) is 88.6 Å². The molecule has 0 heterocycles. The van der Waals surface area contributed by atoms with Gasteiger partial charge >= 0.3 is 41.8 Å². The lowest BCUT2D eigenvalue weighted by molar-refractivity contribution is -0.145. The first kappa shape index (κ1) is 64.7. The predicted molar refractivity (Wildman–Crippen MR) is 183 cm³/mol. The Labute approximate surface area is 298 Å². The third-order valence-electron chi connectivity index (χ3n) is 4.08. The number of aliphatic hydroxyl groups excluding tert-OH is 7. The Morgan fingerprint density at radius 2 is 0.519 bits per heavy atom. The van der Waals surface area contributed by atoms with E-state index in [0.29, 0.717) is 0 Å². The Morgan fingerprint density at radius 1 is 0.365 bits per heavy atom. The van der Waals surface area contributed by atoms with Crippen LogP contribution in [0.3, 0.4) is 0 Å². The standard InChI is InChI=1S/C8H14O5.C5H12O4.6C3H4O2/c1-2-7(12)13-6-8(3-9,4-10)5-11;6-1-5(2-7,3-8)4-9;6*1-2-3(4)5/h2,9-11H,1,3-6H2;6-9H,1-4H2;6*2H,1H2,(H,4,5). The summed E-state index contributed by atoms with van der Waals surface area (Å²) in [5.74, 6) is -6.54. The normalized spacial score (nSPS) is 8.52. The summed E-state index contributed by atoms with van der Waals surface area (Å²) in [6, 6.07) is 0. The molecular formula is C31H50O21. The molecule has 0 fully saturated rings. The van der Waals surface area contributed by atoms with E-state index < -0.39 is 98.9 Å². The first-order valence-corrected chi connectivity index (χ1v) is 13.2. The van der Waals surface area contributed by atoms with E-state index in [1.54, 1.807) is 0 Å². The van der Waals surface area contributed by atoms with E-state index >= 15 is 0 Å². The van der Waals surface area contributed by atoms with Crippen molar-refractivity contribution in [1.82, 2.24) is 0 Å². The molecule has 13 N–H and O–H groups in total. The van der Waals surface area contributed by atoms with Crippen LogP contribution in [0.5, 0.6) is 0 Å². The first-order valence-electron chi connectivity index (χ1n) is 13.2. The smallest absolute Gasteiger partial charge is 0.330 e. The molecule has 21 nitrogen and oxygen atoms in total. The molecule has 0 aromatic rings. The Bertz CT molecular complexity index is 905. The number of carbonyl (C=O) groups is 7. The SMILES string of the molecule is C=CC(=O)O.C=CC(=O)O.C=CC(=O)O.C=CC(=O)O.C=CC(=O)O.C=CC(=O)O.C=CC(=O)OCC(CO)(CO)CO.OCC(CO)(CO)CO. The number of ether oxygens (including phenoxy) is 1. The number of carboxylic acid groups (broad SMARTS) is 6. The van der Waals surface area contributed by atoms with Crippen LogP contribution in [-0.4, -0.2) is 161 Å². The molecule has 0 aliphatic heterocycles. The van der Waals surface area contributed by atoms with Crippen molar-refractivity contribution in [3.05, 3.63) is 88.6 Å². The Morgan fingerprint density at radius 3 is 0.596 bits per heavy atom. The van der Waals surface area contributed by atoms with Gasteiger partial charge in [-0.3, -0.25) is 0 Å². The monoisotopic (exact) mass is 758 g/mol. The zero-order valence-electron chi connectivity index (χ0n) is 28.2. The molecule has 0 bridgehead atoms. The van der Waals surface area contributed by atoms with Crippen molar-refractivity contribution in [1.29, 1.82) is 0 Å². The lowest BCUT2D eigenvalue weighted by Crippen LogP contribution is -2.39. The lowest BCUT2D eigenvalue weighted by Gasteiger charge is -2.26. The van der Waals surface area contributed by atoms with E-state index in [0.717, 1.165) is 42.5 Å². The van der Waals surface area contributed by atoms with Gasteiger partial charge in [0.15, 0.2) is 0 Å². The minimum Gasteiger partial charge on any atom is -0.478 e. The predicted octanol–water partition coefficient (Wildman–Crippen LogP) is -1.84. The molecule has 0 amide bonds. The first-order chi connectivity index (χ1) is 24.0. The summed E-state index contributed by atoms with van der Waals surface area (Å²) < 4.78 is 4.59. The fourth-order valence-electron chi connectivity index (χ4n) is 0.870. The van der Waals surface area contributed by atoms with E-state index in [1.807, 2.05) is 0 Å². The molecule has 0 aliphatic carbocycles. The minimum absolute atomic E-state index is 0.235. The van der Waals surface area contributed by atoms with Gasteiger partial charge in [0.1, 0.15) is 6.61 Å². The van der Waals surface area contributed by atoms with Crippen LogP contribution in [-0.2, 0) is 38.3 Å². The van der Waals surface area contributed by atoms with Crippen molar-refractivity contribution in [2.75, 3.05) is 52.9 Å². The molecule has 0 aromatic carbocycles. The highest BCUT2D eigenvalue weighted by atomic mass is 16.5. The van der Waals surface area contributed by atoms with E-state index in [4.69, 9.17) is 66.4 Å². The largest absolute Gasteiger partial charge is 0.478 e. The van der Waals surface area contributed by atoms with Gasteiger partial charge in [-0.05, 0) is 0 Å². The van der Waals surface area contributed by atoms with Crippen molar-refractivity contribution < 1.29 is 105 Å². The van der Waals surface area contributed by atoms with Crippen LogP contribution in [0.25, 0.3) is 0 Å². The van der Waals surface area contributed by atoms with Crippen LogP contribution < -0.4 is 0 Å². The molecule has 0 spiro atoms. The zero-order chi connectivity index (χ0) is 43.4. The third-order valence-corrected chi connectivity index (χ3v) is 4.08. The molecule has 0 aliphatic rings. The number of esters is 1.